The average molecular weight is 248 g/mol. The predicted molar refractivity (Wildman–Crippen MR) is 70.5 cm³/mol. The average Bonchev–Trinajstić information content (AvgIpc) is 3.12. The lowest BCUT2D eigenvalue weighted by atomic mass is 9.99. The van der Waals surface area contributed by atoms with Crippen molar-refractivity contribution >= 4 is 11.7 Å². The van der Waals surface area contributed by atoms with Crippen molar-refractivity contribution in [1.29, 1.82) is 0 Å². The molecular weight excluding hydrogens is 228 g/mol. The summed E-state index contributed by atoms with van der Waals surface area (Å²) in [5.74, 6) is 1.31. The molecule has 1 heterocycles. The Bertz CT molecular complexity index is 435. The molecule has 1 aromatic heterocycles. The molecule has 1 amide bonds. The molecule has 0 saturated heterocycles. The van der Waals surface area contributed by atoms with Crippen LogP contribution in [0.2, 0.25) is 0 Å². The molecule has 5 heteroatoms. The minimum Gasteiger partial charge on any atom is -0.363 e. The molecule has 1 aromatic rings. The molecule has 98 valence electrons. The predicted octanol–water partition coefficient (Wildman–Crippen LogP) is 1.78. The Hall–Kier alpha value is -1.65. The first-order valence-electron chi connectivity index (χ1n) is 6.24. The maximum absolute atomic E-state index is 11.7. The molecule has 0 aliphatic heterocycles. The van der Waals surface area contributed by atoms with Crippen molar-refractivity contribution < 1.29 is 4.79 Å². The molecule has 0 unspecified atom stereocenters. The van der Waals surface area contributed by atoms with Gasteiger partial charge in [-0.2, -0.15) is 0 Å². The van der Waals surface area contributed by atoms with Crippen molar-refractivity contribution in [3.05, 3.63) is 17.8 Å². The van der Waals surface area contributed by atoms with Crippen LogP contribution in [-0.2, 0) is 0 Å². The number of rotatable bonds is 4. The number of carbonyl (C=O) groups is 1. The summed E-state index contributed by atoms with van der Waals surface area (Å²) >= 11 is 0. The number of nitrogens with one attached hydrogen (secondary N) is 1. The zero-order chi connectivity index (χ0) is 13.3. The molecule has 1 aliphatic carbocycles. The van der Waals surface area contributed by atoms with Crippen LogP contribution >= 0.6 is 0 Å². The van der Waals surface area contributed by atoms with E-state index in [1.54, 1.807) is 20.2 Å². The fourth-order valence-corrected chi connectivity index (χ4v) is 1.98. The van der Waals surface area contributed by atoms with E-state index in [1.165, 1.54) is 17.7 Å². The van der Waals surface area contributed by atoms with Gasteiger partial charge in [-0.1, -0.05) is 0 Å². The molecule has 1 N–H and O–H groups in total. The van der Waals surface area contributed by atoms with Crippen LogP contribution < -0.4 is 5.32 Å². The first-order chi connectivity index (χ1) is 8.40. The van der Waals surface area contributed by atoms with E-state index in [9.17, 15) is 4.79 Å². The van der Waals surface area contributed by atoms with Crippen molar-refractivity contribution in [3.8, 4) is 0 Å². The Morgan fingerprint density at radius 3 is 2.44 bits per heavy atom. The Morgan fingerprint density at radius 2 is 2.00 bits per heavy atom. The fourth-order valence-electron chi connectivity index (χ4n) is 1.98. The Morgan fingerprint density at radius 1 is 1.33 bits per heavy atom. The smallest absolute Gasteiger partial charge is 0.273 e. The Labute approximate surface area is 108 Å². The highest BCUT2D eigenvalue weighted by atomic mass is 16.2. The third kappa shape index (κ3) is 2.78. The maximum atomic E-state index is 11.7. The van der Waals surface area contributed by atoms with Gasteiger partial charge in [0.1, 0.15) is 5.82 Å². The van der Waals surface area contributed by atoms with Gasteiger partial charge in [0.25, 0.3) is 5.91 Å². The largest absolute Gasteiger partial charge is 0.363 e. The monoisotopic (exact) mass is 248 g/mol. The van der Waals surface area contributed by atoms with Gasteiger partial charge < -0.3 is 10.2 Å². The van der Waals surface area contributed by atoms with Crippen LogP contribution in [0.3, 0.4) is 0 Å². The summed E-state index contributed by atoms with van der Waals surface area (Å²) in [6.07, 6.45) is 2.54. The summed E-state index contributed by atoms with van der Waals surface area (Å²) in [5.41, 5.74) is 0.414. The van der Waals surface area contributed by atoms with Crippen molar-refractivity contribution in [2.24, 2.45) is 5.92 Å². The highest BCUT2D eigenvalue weighted by Crippen LogP contribution is 2.40. The SMILES string of the molecule is CN(C)C(=O)c1ccc(NC(C)(C)C2CC2)nn1. The van der Waals surface area contributed by atoms with Gasteiger partial charge >= 0.3 is 0 Å². The van der Waals surface area contributed by atoms with Crippen LogP contribution in [-0.4, -0.2) is 40.6 Å². The minimum absolute atomic E-state index is 0.0434. The summed E-state index contributed by atoms with van der Waals surface area (Å²) in [7, 11) is 3.40. The molecule has 1 fully saturated rings. The number of hydrogen-bond acceptors (Lipinski definition) is 4. The van der Waals surface area contributed by atoms with E-state index >= 15 is 0 Å². The number of aromatic nitrogens is 2. The van der Waals surface area contributed by atoms with Gasteiger partial charge in [0, 0.05) is 19.6 Å². The van der Waals surface area contributed by atoms with E-state index in [-0.39, 0.29) is 11.4 Å². The van der Waals surface area contributed by atoms with Gasteiger partial charge in [-0.05, 0) is 44.7 Å². The van der Waals surface area contributed by atoms with Crippen molar-refractivity contribution in [2.75, 3.05) is 19.4 Å². The van der Waals surface area contributed by atoms with Crippen LogP contribution in [0.5, 0.6) is 0 Å². The number of nitrogens with zero attached hydrogens (tertiary/aromatic N) is 3. The molecule has 18 heavy (non-hydrogen) atoms. The van der Waals surface area contributed by atoms with Crippen LogP contribution in [0.15, 0.2) is 12.1 Å². The number of carbonyl (C=O) groups excluding carboxylic acids is 1. The summed E-state index contributed by atoms with van der Waals surface area (Å²) in [6.45, 7) is 4.34. The van der Waals surface area contributed by atoms with Crippen molar-refractivity contribution in [1.82, 2.24) is 15.1 Å². The van der Waals surface area contributed by atoms with Gasteiger partial charge in [-0.25, -0.2) is 0 Å². The van der Waals surface area contributed by atoms with E-state index in [0.717, 1.165) is 5.82 Å². The van der Waals surface area contributed by atoms with Crippen LogP contribution in [0.4, 0.5) is 5.82 Å². The van der Waals surface area contributed by atoms with E-state index < -0.39 is 0 Å². The number of hydrogen-bond donors (Lipinski definition) is 1. The summed E-state index contributed by atoms with van der Waals surface area (Å²) in [5, 5.41) is 11.4. The second-order valence-electron chi connectivity index (χ2n) is 5.62. The maximum Gasteiger partial charge on any atom is 0.273 e. The summed E-state index contributed by atoms with van der Waals surface area (Å²) in [6, 6.07) is 3.52. The summed E-state index contributed by atoms with van der Waals surface area (Å²) in [4.78, 5) is 13.2. The molecule has 0 spiro atoms. The van der Waals surface area contributed by atoms with Gasteiger partial charge in [0.15, 0.2) is 5.69 Å². The lowest BCUT2D eigenvalue weighted by Gasteiger charge is -2.26. The number of anilines is 1. The van der Waals surface area contributed by atoms with Crippen molar-refractivity contribution in [3.63, 3.8) is 0 Å². The molecule has 1 saturated carbocycles. The zero-order valence-corrected chi connectivity index (χ0v) is 11.4. The molecule has 2 rings (SSSR count). The third-order valence-electron chi connectivity index (χ3n) is 3.34. The lowest BCUT2D eigenvalue weighted by molar-refractivity contribution is 0.0821. The first-order valence-corrected chi connectivity index (χ1v) is 6.24. The van der Waals surface area contributed by atoms with Gasteiger partial charge in [0.05, 0.1) is 0 Å². The highest BCUT2D eigenvalue weighted by Gasteiger charge is 2.37. The number of amides is 1. The fraction of sp³-hybridized carbons (Fsp3) is 0.615. The molecule has 1 aliphatic rings. The quantitative estimate of drug-likeness (QED) is 0.882. The van der Waals surface area contributed by atoms with E-state index in [2.05, 4.69) is 29.4 Å². The standard InChI is InChI=1S/C13H20N4O/c1-13(2,9-5-6-9)14-11-8-7-10(15-16-11)12(18)17(3)4/h7-9H,5-6H2,1-4H3,(H,14,16). The lowest BCUT2D eigenvalue weighted by Crippen LogP contribution is -2.34. The Kier molecular flexibility index (Phi) is 3.24. The van der Waals surface area contributed by atoms with Gasteiger partial charge in [-0.15, -0.1) is 10.2 Å². The van der Waals surface area contributed by atoms with Gasteiger partial charge in [-0.3, -0.25) is 4.79 Å². The van der Waals surface area contributed by atoms with Crippen molar-refractivity contribution in [2.45, 2.75) is 32.2 Å². The molecule has 0 atom stereocenters. The van der Waals surface area contributed by atoms with E-state index in [4.69, 9.17) is 0 Å². The zero-order valence-electron chi connectivity index (χ0n) is 11.4. The Balaban J connectivity index is 2.06. The summed E-state index contributed by atoms with van der Waals surface area (Å²) < 4.78 is 0. The topological polar surface area (TPSA) is 58.1 Å². The molecule has 0 aromatic carbocycles. The van der Waals surface area contributed by atoms with Gasteiger partial charge in [0.2, 0.25) is 0 Å². The normalized spacial score (nSPS) is 15.3. The van der Waals surface area contributed by atoms with Crippen LogP contribution in [0.25, 0.3) is 0 Å². The minimum atomic E-state index is -0.129. The van der Waals surface area contributed by atoms with Crippen LogP contribution in [0.1, 0.15) is 37.2 Å². The second kappa shape index (κ2) is 4.55. The van der Waals surface area contributed by atoms with E-state index in [0.29, 0.717) is 11.6 Å². The molecule has 5 nitrogen and oxygen atoms in total. The first kappa shape index (κ1) is 12.8. The molecule has 0 radical (unpaired) electrons. The third-order valence-corrected chi connectivity index (χ3v) is 3.34. The van der Waals surface area contributed by atoms with Crippen LogP contribution in [0, 0.1) is 5.92 Å². The molecular formula is C13H20N4O. The van der Waals surface area contributed by atoms with E-state index in [1.807, 2.05) is 6.07 Å². The highest BCUT2D eigenvalue weighted by molar-refractivity contribution is 5.91. The molecule has 0 bridgehead atoms. The second-order valence-corrected chi connectivity index (χ2v) is 5.62.